The van der Waals surface area contributed by atoms with Crippen molar-refractivity contribution < 1.29 is 9.53 Å². The topological polar surface area (TPSA) is 60.7 Å². The van der Waals surface area contributed by atoms with Crippen molar-refractivity contribution in [2.24, 2.45) is 4.99 Å². The van der Waals surface area contributed by atoms with E-state index in [2.05, 4.69) is 20.9 Å². The first kappa shape index (κ1) is 20.0. The molecule has 0 radical (unpaired) electrons. The molecule has 0 amide bonds. The van der Waals surface area contributed by atoms with Crippen molar-refractivity contribution in [3.05, 3.63) is 87.6 Å². The number of aromatic nitrogens is 1. The lowest BCUT2D eigenvalue weighted by atomic mass is 9.96. The van der Waals surface area contributed by atoms with Crippen molar-refractivity contribution in [1.29, 1.82) is 0 Å². The molecule has 5 nitrogen and oxygen atoms in total. The van der Waals surface area contributed by atoms with Gasteiger partial charge < -0.3 is 4.74 Å². The van der Waals surface area contributed by atoms with Gasteiger partial charge in [0.1, 0.15) is 0 Å². The molecule has 1 aromatic carbocycles. The van der Waals surface area contributed by atoms with Crippen LogP contribution in [0.5, 0.6) is 0 Å². The molecule has 0 spiro atoms. The largest absolute Gasteiger partial charge is 0.463 e. The molecule has 3 heterocycles. The lowest BCUT2D eigenvalue weighted by molar-refractivity contribution is -0.139. The summed E-state index contributed by atoms with van der Waals surface area (Å²) in [5, 5.41) is 0. The number of carbonyl (C=O) groups is 1. The molecule has 0 saturated heterocycles. The van der Waals surface area contributed by atoms with Gasteiger partial charge in [-0.3, -0.25) is 9.36 Å². The number of thiophene rings is 1. The van der Waals surface area contributed by atoms with E-state index in [1.54, 1.807) is 29.8 Å². The van der Waals surface area contributed by atoms with E-state index in [9.17, 15) is 9.59 Å². The number of fused-ring (bicyclic) bond motifs is 1. The highest BCUT2D eigenvalue weighted by atomic mass is 79.9. The number of rotatable bonds is 4. The van der Waals surface area contributed by atoms with E-state index in [1.807, 2.05) is 48.5 Å². The molecule has 29 heavy (non-hydrogen) atoms. The third-order valence-corrected chi connectivity index (χ3v) is 7.05. The van der Waals surface area contributed by atoms with Gasteiger partial charge in [-0.2, -0.15) is 0 Å². The molecule has 1 atom stereocenters. The lowest BCUT2D eigenvalue weighted by Crippen LogP contribution is -2.39. The number of ether oxygens (including phenoxy) is 1. The number of thiazole rings is 1. The molecular weight excluding hydrogens is 472 g/mol. The van der Waals surface area contributed by atoms with Crippen molar-refractivity contribution in [2.45, 2.75) is 19.9 Å². The average molecular weight is 489 g/mol. The molecule has 0 saturated carbocycles. The normalized spacial score (nSPS) is 16.5. The smallest absolute Gasteiger partial charge is 0.338 e. The molecule has 3 aromatic rings. The zero-order chi connectivity index (χ0) is 20.5. The summed E-state index contributed by atoms with van der Waals surface area (Å²) >= 11 is 6.33. The quantitative estimate of drug-likeness (QED) is 0.526. The van der Waals surface area contributed by atoms with E-state index in [0.29, 0.717) is 20.6 Å². The second kappa shape index (κ2) is 8.22. The number of carbonyl (C=O) groups excluding carboxylic acids is 1. The molecule has 0 N–H and O–H groups in total. The molecule has 2 aromatic heterocycles. The van der Waals surface area contributed by atoms with Gasteiger partial charge in [0.15, 0.2) is 4.80 Å². The van der Waals surface area contributed by atoms with Crippen LogP contribution in [0.4, 0.5) is 0 Å². The van der Waals surface area contributed by atoms with Crippen LogP contribution >= 0.6 is 38.6 Å². The maximum Gasteiger partial charge on any atom is 0.338 e. The lowest BCUT2D eigenvalue weighted by Gasteiger charge is -2.24. The fraction of sp³-hybridized carbons (Fsp3) is 0.190. The van der Waals surface area contributed by atoms with E-state index in [1.165, 1.54) is 11.3 Å². The van der Waals surface area contributed by atoms with Crippen molar-refractivity contribution in [3.63, 3.8) is 0 Å². The summed E-state index contributed by atoms with van der Waals surface area (Å²) in [6, 6.07) is 12.9. The van der Waals surface area contributed by atoms with Crippen LogP contribution in [0.3, 0.4) is 0 Å². The molecular formula is C21H17BrN2O3S2. The van der Waals surface area contributed by atoms with Crippen LogP contribution in [0.15, 0.2) is 67.3 Å². The van der Waals surface area contributed by atoms with Gasteiger partial charge in [-0.25, -0.2) is 9.79 Å². The molecule has 1 aliphatic heterocycles. The minimum atomic E-state index is -0.566. The van der Waals surface area contributed by atoms with Crippen molar-refractivity contribution >= 4 is 50.6 Å². The number of esters is 1. The summed E-state index contributed by atoms with van der Waals surface area (Å²) in [6.07, 6.45) is 1.87. The SMILES string of the molecule is CCOC(=O)C1=C(C)N=c2s/c(=C\c3ccc(Br)s3)c(=O)n2[C@@H]1c1ccccc1. The first-order chi connectivity index (χ1) is 14.0. The second-order valence-corrected chi connectivity index (χ2v) is 9.86. The zero-order valence-electron chi connectivity index (χ0n) is 15.7. The van der Waals surface area contributed by atoms with Crippen LogP contribution in [0.2, 0.25) is 0 Å². The van der Waals surface area contributed by atoms with Crippen LogP contribution in [0.25, 0.3) is 6.08 Å². The third kappa shape index (κ3) is 3.80. The van der Waals surface area contributed by atoms with E-state index in [-0.39, 0.29) is 12.2 Å². The number of nitrogens with zero attached hydrogens (tertiary/aromatic N) is 2. The van der Waals surface area contributed by atoms with Crippen LogP contribution in [0.1, 0.15) is 30.3 Å². The summed E-state index contributed by atoms with van der Waals surface area (Å²) < 4.78 is 8.47. The number of halogens is 1. The van der Waals surface area contributed by atoms with Crippen LogP contribution in [0, 0.1) is 0 Å². The Hall–Kier alpha value is -2.29. The van der Waals surface area contributed by atoms with E-state index in [4.69, 9.17) is 4.74 Å². The van der Waals surface area contributed by atoms with Gasteiger partial charge in [-0.15, -0.1) is 11.3 Å². The van der Waals surface area contributed by atoms with Gasteiger partial charge in [-0.05, 0) is 53.5 Å². The molecule has 0 bridgehead atoms. The van der Waals surface area contributed by atoms with E-state index < -0.39 is 12.0 Å². The number of benzene rings is 1. The van der Waals surface area contributed by atoms with Crippen molar-refractivity contribution in [1.82, 2.24) is 4.57 Å². The highest BCUT2D eigenvalue weighted by Crippen LogP contribution is 2.30. The summed E-state index contributed by atoms with van der Waals surface area (Å²) in [5.41, 5.74) is 1.65. The van der Waals surface area contributed by atoms with Crippen LogP contribution < -0.4 is 14.9 Å². The monoisotopic (exact) mass is 488 g/mol. The Balaban J connectivity index is 1.96. The van der Waals surface area contributed by atoms with Gasteiger partial charge >= 0.3 is 5.97 Å². The Morgan fingerprint density at radius 1 is 1.24 bits per heavy atom. The molecule has 1 aliphatic rings. The summed E-state index contributed by atoms with van der Waals surface area (Å²) in [4.78, 5) is 32.2. The highest BCUT2D eigenvalue weighted by Gasteiger charge is 2.33. The Kier molecular flexibility index (Phi) is 5.67. The Bertz CT molecular complexity index is 1290. The molecule has 8 heteroatoms. The first-order valence-corrected chi connectivity index (χ1v) is 11.4. The number of hydrogen-bond acceptors (Lipinski definition) is 6. The number of hydrogen-bond donors (Lipinski definition) is 0. The third-order valence-electron chi connectivity index (χ3n) is 4.50. The zero-order valence-corrected chi connectivity index (χ0v) is 18.9. The van der Waals surface area contributed by atoms with Gasteiger partial charge in [0.2, 0.25) is 0 Å². The molecule has 148 valence electrons. The predicted molar refractivity (Wildman–Crippen MR) is 119 cm³/mol. The van der Waals surface area contributed by atoms with Gasteiger partial charge in [0.25, 0.3) is 5.56 Å². The summed E-state index contributed by atoms with van der Waals surface area (Å²) in [7, 11) is 0. The molecule has 0 aliphatic carbocycles. The van der Waals surface area contributed by atoms with E-state index >= 15 is 0 Å². The fourth-order valence-corrected chi connectivity index (χ4v) is 5.76. The Morgan fingerprint density at radius 3 is 2.66 bits per heavy atom. The molecule has 0 unspecified atom stereocenters. The predicted octanol–water partition coefficient (Wildman–Crippen LogP) is 3.62. The average Bonchev–Trinajstić information content (AvgIpc) is 3.24. The maximum atomic E-state index is 13.3. The maximum absolute atomic E-state index is 13.3. The minimum absolute atomic E-state index is 0.165. The number of allylic oxidation sites excluding steroid dienone is 1. The van der Waals surface area contributed by atoms with Gasteiger partial charge in [0, 0.05) is 4.88 Å². The van der Waals surface area contributed by atoms with Gasteiger partial charge in [-0.1, -0.05) is 41.7 Å². The summed E-state index contributed by atoms with van der Waals surface area (Å²) in [6.45, 7) is 3.81. The van der Waals surface area contributed by atoms with Crippen molar-refractivity contribution in [2.75, 3.05) is 6.61 Å². The standard InChI is InChI=1S/C21H17BrN2O3S2/c1-3-27-20(26)17-12(2)23-21-24(18(17)13-7-5-4-6-8-13)19(25)15(29-21)11-14-9-10-16(22)28-14/h4-11,18H,3H2,1-2H3/b15-11-/t18-/m1/s1. The van der Waals surface area contributed by atoms with E-state index in [0.717, 1.165) is 14.2 Å². The van der Waals surface area contributed by atoms with Crippen molar-refractivity contribution in [3.8, 4) is 0 Å². The minimum Gasteiger partial charge on any atom is -0.463 e. The highest BCUT2D eigenvalue weighted by molar-refractivity contribution is 9.11. The molecule has 4 rings (SSSR count). The fourth-order valence-electron chi connectivity index (χ4n) is 3.28. The van der Waals surface area contributed by atoms with Gasteiger partial charge in [0.05, 0.1) is 32.2 Å². The molecule has 0 fully saturated rings. The van der Waals surface area contributed by atoms with Crippen LogP contribution in [-0.2, 0) is 9.53 Å². The first-order valence-electron chi connectivity index (χ1n) is 8.99. The Morgan fingerprint density at radius 2 is 2.00 bits per heavy atom. The Labute approximate surface area is 183 Å². The summed E-state index contributed by atoms with van der Waals surface area (Å²) in [5.74, 6) is -0.445. The van der Waals surface area contributed by atoms with Crippen LogP contribution in [-0.4, -0.2) is 17.1 Å². The second-order valence-electron chi connectivity index (χ2n) is 6.35.